The van der Waals surface area contributed by atoms with Gasteiger partial charge in [-0.2, -0.15) is 5.10 Å². The zero-order chi connectivity index (χ0) is 14.7. The van der Waals surface area contributed by atoms with Crippen molar-refractivity contribution >= 4 is 0 Å². The van der Waals surface area contributed by atoms with Crippen LogP contribution in [0.15, 0.2) is 24.3 Å². The number of aliphatic hydroxyl groups is 1. The van der Waals surface area contributed by atoms with Gasteiger partial charge < -0.3 is 9.84 Å². The highest BCUT2D eigenvalue weighted by atomic mass is 16.5. The predicted molar refractivity (Wildman–Crippen MR) is 78.8 cm³/mol. The normalized spacial score (nSPS) is 12.4. The van der Waals surface area contributed by atoms with Gasteiger partial charge in [0.15, 0.2) is 0 Å². The van der Waals surface area contributed by atoms with Gasteiger partial charge in [-0.25, -0.2) is 0 Å². The summed E-state index contributed by atoms with van der Waals surface area (Å²) in [6.45, 7) is 9.07. The Labute approximate surface area is 120 Å². The molecule has 0 radical (unpaired) electrons. The largest absolute Gasteiger partial charge is 0.487 e. The molecule has 0 saturated heterocycles. The molecule has 0 aliphatic heterocycles. The first-order valence-electron chi connectivity index (χ1n) is 6.96. The minimum Gasteiger partial charge on any atom is -0.487 e. The Morgan fingerprint density at radius 2 is 2.05 bits per heavy atom. The van der Waals surface area contributed by atoms with E-state index in [1.165, 1.54) is 0 Å². The molecule has 108 valence electrons. The summed E-state index contributed by atoms with van der Waals surface area (Å²) >= 11 is 0. The SMILES string of the molecule is CCn1nc(C)cc1COc1ccc(C)cc1[C@@H](C)O. The smallest absolute Gasteiger partial charge is 0.130 e. The number of aromatic nitrogens is 2. The zero-order valence-electron chi connectivity index (χ0n) is 12.6. The lowest BCUT2D eigenvalue weighted by Gasteiger charge is -2.14. The average molecular weight is 274 g/mol. The molecular weight excluding hydrogens is 252 g/mol. The minimum atomic E-state index is -0.539. The Morgan fingerprint density at radius 1 is 1.30 bits per heavy atom. The highest BCUT2D eigenvalue weighted by Gasteiger charge is 2.11. The number of aryl methyl sites for hydroxylation is 3. The molecule has 0 fully saturated rings. The van der Waals surface area contributed by atoms with E-state index in [0.717, 1.165) is 34.8 Å². The van der Waals surface area contributed by atoms with E-state index in [1.54, 1.807) is 6.92 Å². The molecule has 0 bridgehead atoms. The molecule has 4 nitrogen and oxygen atoms in total. The van der Waals surface area contributed by atoms with Crippen LogP contribution in [0.4, 0.5) is 0 Å². The second kappa shape index (κ2) is 6.09. The second-order valence-corrected chi connectivity index (χ2v) is 5.10. The van der Waals surface area contributed by atoms with E-state index in [4.69, 9.17) is 4.74 Å². The Morgan fingerprint density at radius 3 is 2.70 bits per heavy atom. The van der Waals surface area contributed by atoms with Crippen LogP contribution >= 0.6 is 0 Å². The molecular formula is C16H22N2O2. The van der Waals surface area contributed by atoms with Crippen molar-refractivity contribution in [2.45, 2.75) is 47.0 Å². The fourth-order valence-electron chi connectivity index (χ4n) is 2.27. The van der Waals surface area contributed by atoms with Crippen molar-refractivity contribution in [1.82, 2.24) is 9.78 Å². The third-order valence-electron chi connectivity index (χ3n) is 3.28. The van der Waals surface area contributed by atoms with E-state index in [2.05, 4.69) is 12.0 Å². The molecule has 1 atom stereocenters. The molecule has 4 heteroatoms. The van der Waals surface area contributed by atoms with Crippen LogP contribution in [0.2, 0.25) is 0 Å². The standard InChI is InChI=1S/C16H22N2O2/c1-5-18-14(9-12(3)17-18)10-20-16-7-6-11(2)8-15(16)13(4)19/h6-9,13,19H,5,10H2,1-4H3/t13-/m1/s1. The molecule has 0 aliphatic carbocycles. The number of benzene rings is 1. The average Bonchev–Trinajstić information content (AvgIpc) is 2.77. The van der Waals surface area contributed by atoms with Gasteiger partial charge in [-0.05, 0) is 45.9 Å². The van der Waals surface area contributed by atoms with Crippen LogP contribution in [0.5, 0.6) is 5.75 Å². The van der Waals surface area contributed by atoms with Crippen molar-refractivity contribution < 1.29 is 9.84 Å². The van der Waals surface area contributed by atoms with Crippen LogP contribution in [0.25, 0.3) is 0 Å². The first kappa shape index (κ1) is 14.6. The van der Waals surface area contributed by atoms with Gasteiger partial charge in [0.1, 0.15) is 12.4 Å². The zero-order valence-corrected chi connectivity index (χ0v) is 12.6. The van der Waals surface area contributed by atoms with Crippen molar-refractivity contribution in [1.29, 1.82) is 0 Å². The summed E-state index contributed by atoms with van der Waals surface area (Å²) < 4.78 is 7.81. The molecule has 0 spiro atoms. The highest BCUT2D eigenvalue weighted by Crippen LogP contribution is 2.27. The van der Waals surface area contributed by atoms with Crippen LogP contribution in [-0.4, -0.2) is 14.9 Å². The molecule has 20 heavy (non-hydrogen) atoms. The first-order valence-corrected chi connectivity index (χ1v) is 6.96. The summed E-state index contributed by atoms with van der Waals surface area (Å²) in [6.07, 6.45) is -0.539. The van der Waals surface area contributed by atoms with Crippen molar-refractivity contribution in [2.24, 2.45) is 0 Å². The summed E-state index contributed by atoms with van der Waals surface area (Å²) in [5, 5.41) is 14.2. The van der Waals surface area contributed by atoms with Gasteiger partial charge in [0.25, 0.3) is 0 Å². The topological polar surface area (TPSA) is 47.3 Å². The summed E-state index contributed by atoms with van der Waals surface area (Å²) in [5.41, 5.74) is 3.97. The molecule has 0 amide bonds. The van der Waals surface area contributed by atoms with Gasteiger partial charge in [-0.3, -0.25) is 4.68 Å². The number of ether oxygens (including phenoxy) is 1. The third-order valence-corrected chi connectivity index (χ3v) is 3.28. The molecule has 1 N–H and O–H groups in total. The fourth-order valence-corrected chi connectivity index (χ4v) is 2.27. The minimum absolute atomic E-state index is 0.456. The van der Waals surface area contributed by atoms with Crippen molar-refractivity contribution in [3.05, 3.63) is 46.8 Å². The van der Waals surface area contributed by atoms with E-state index in [9.17, 15) is 5.11 Å². The Bertz CT molecular complexity index is 588. The van der Waals surface area contributed by atoms with Gasteiger partial charge in [-0.15, -0.1) is 0 Å². The second-order valence-electron chi connectivity index (χ2n) is 5.10. The number of hydrogen-bond donors (Lipinski definition) is 1. The van der Waals surface area contributed by atoms with E-state index in [0.29, 0.717) is 6.61 Å². The molecule has 2 rings (SSSR count). The van der Waals surface area contributed by atoms with Crippen LogP contribution in [0.1, 0.15) is 42.5 Å². The summed E-state index contributed by atoms with van der Waals surface area (Å²) in [4.78, 5) is 0. The van der Waals surface area contributed by atoms with Gasteiger partial charge in [0.05, 0.1) is 17.5 Å². The van der Waals surface area contributed by atoms with Crippen LogP contribution in [-0.2, 0) is 13.2 Å². The van der Waals surface area contributed by atoms with Crippen LogP contribution in [0.3, 0.4) is 0 Å². The van der Waals surface area contributed by atoms with E-state index in [1.807, 2.05) is 42.8 Å². The molecule has 1 heterocycles. The molecule has 2 aromatic rings. The highest BCUT2D eigenvalue weighted by molar-refractivity contribution is 5.38. The van der Waals surface area contributed by atoms with Gasteiger partial charge in [-0.1, -0.05) is 11.6 Å². The number of nitrogens with zero attached hydrogens (tertiary/aromatic N) is 2. The van der Waals surface area contributed by atoms with E-state index >= 15 is 0 Å². The number of aliphatic hydroxyl groups excluding tert-OH is 1. The van der Waals surface area contributed by atoms with Gasteiger partial charge >= 0.3 is 0 Å². The Hall–Kier alpha value is -1.81. The quantitative estimate of drug-likeness (QED) is 0.911. The molecule has 0 aliphatic rings. The molecule has 1 aromatic heterocycles. The molecule has 0 unspecified atom stereocenters. The summed E-state index contributed by atoms with van der Waals surface area (Å²) in [5.74, 6) is 0.729. The lowest BCUT2D eigenvalue weighted by atomic mass is 10.1. The van der Waals surface area contributed by atoms with Crippen LogP contribution < -0.4 is 4.74 Å². The summed E-state index contributed by atoms with van der Waals surface area (Å²) in [7, 11) is 0. The Kier molecular flexibility index (Phi) is 4.45. The number of rotatable bonds is 5. The third kappa shape index (κ3) is 3.20. The predicted octanol–water partition coefficient (Wildman–Crippen LogP) is 3.15. The van der Waals surface area contributed by atoms with Crippen molar-refractivity contribution in [3.8, 4) is 5.75 Å². The van der Waals surface area contributed by atoms with Crippen molar-refractivity contribution in [2.75, 3.05) is 0 Å². The summed E-state index contributed by atoms with van der Waals surface area (Å²) in [6, 6.07) is 7.89. The maximum atomic E-state index is 9.83. The maximum absolute atomic E-state index is 9.83. The fraction of sp³-hybridized carbons (Fsp3) is 0.438. The van der Waals surface area contributed by atoms with Crippen molar-refractivity contribution in [3.63, 3.8) is 0 Å². The number of hydrogen-bond acceptors (Lipinski definition) is 3. The van der Waals surface area contributed by atoms with E-state index in [-0.39, 0.29) is 0 Å². The lowest BCUT2D eigenvalue weighted by molar-refractivity contribution is 0.189. The maximum Gasteiger partial charge on any atom is 0.130 e. The first-order chi connectivity index (χ1) is 9.51. The lowest BCUT2D eigenvalue weighted by Crippen LogP contribution is -2.07. The molecule has 0 saturated carbocycles. The monoisotopic (exact) mass is 274 g/mol. The Balaban J connectivity index is 2.18. The van der Waals surface area contributed by atoms with Crippen LogP contribution in [0, 0.1) is 13.8 Å². The van der Waals surface area contributed by atoms with E-state index < -0.39 is 6.10 Å². The van der Waals surface area contributed by atoms with Gasteiger partial charge in [0.2, 0.25) is 0 Å². The molecule has 1 aromatic carbocycles. The van der Waals surface area contributed by atoms with Gasteiger partial charge in [0, 0.05) is 12.1 Å².